The molecular formula is C22H24N2O4S3. The number of sulfone groups is 2. The quantitative estimate of drug-likeness (QED) is 0.542. The van der Waals surface area contributed by atoms with Crippen LogP contribution in [0.2, 0.25) is 0 Å². The van der Waals surface area contributed by atoms with Crippen molar-refractivity contribution in [3.05, 3.63) is 59.7 Å². The number of hydrogen-bond donors (Lipinski definition) is 0. The van der Waals surface area contributed by atoms with Crippen molar-refractivity contribution < 1.29 is 16.8 Å². The van der Waals surface area contributed by atoms with Gasteiger partial charge in [-0.2, -0.15) is 0 Å². The molecule has 31 heavy (non-hydrogen) atoms. The molecule has 2 aromatic carbocycles. The smallest absolute Gasteiger partial charge is 0.233 e. The van der Waals surface area contributed by atoms with Crippen molar-refractivity contribution in [2.75, 3.05) is 18.0 Å². The Hall–Kier alpha value is -2.23. The summed E-state index contributed by atoms with van der Waals surface area (Å²) in [6.45, 7) is 5.12. The summed E-state index contributed by atoms with van der Waals surface area (Å²) in [7, 11) is -7.90. The zero-order valence-electron chi connectivity index (χ0n) is 17.4. The first-order valence-electron chi connectivity index (χ1n) is 10.1. The second kappa shape index (κ2) is 8.37. The maximum atomic E-state index is 13.5. The zero-order chi connectivity index (χ0) is 22.2. The van der Waals surface area contributed by atoms with E-state index in [9.17, 15) is 16.8 Å². The second-order valence-electron chi connectivity index (χ2n) is 7.77. The predicted octanol–water partition coefficient (Wildman–Crippen LogP) is 4.42. The molecule has 0 N–H and O–H groups in total. The molecule has 9 heteroatoms. The van der Waals surface area contributed by atoms with E-state index < -0.39 is 19.7 Å². The molecule has 2 heterocycles. The van der Waals surface area contributed by atoms with Crippen LogP contribution >= 0.6 is 11.3 Å². The number of anilines is 1. The van der Waals surface area contributed by atoms with Gasteiger partial charge in [0, 0.05) is 13.1 Å². The zero-order valence-corrected chi connectivity index (χ0v) is 19.9. The number of hydrogen-bond acceptors (Lipinski definition) is 7. The van der Waals surface area contributed by atoms with E-state index >= 15 is 0 Å². The molecule has 1 aromatic heterocycles. The molecule has 0 saturated carbocycles. The Bertz CT molecular complexity index is 1290. The van der Waals surface area contributed by atoms with Crippen LogP contribution in [0.25, 0.3) is 0 Å². The Kier molecular flexibility index (Phi) is 5.93. The highest BCUT2D eigenvalue weighted by Gasteiger charge is 2.33. The fourth-order valence-corrected chi connectivity index (χ4v) is 7.99. The molecule has 1 aliphatic rings. The molecule has 164 valence electrons. The Morgan fingerprint density at radius 2 is 1.23 bits per heavy atom. The third-order valence-corrected chi connectivity index (χ3v) is 10.4. The van der Waals surface area contributed by atoms with Crippen LogP contribution in [0, 0.1) is 13.8 Å². The summed E-state index contributed by atoms with van der Waals surface area (Å²) in [6.07, 6.45) is 2.94. The van der Waals surface area contributed by atoms with Crippen LogP contribution in [0.1, 0.15) is 30.4 Å². The van der Waals surface area contributed by atoms with Gasteiger partial charge in [0.1, 0.15) is 5.00 Å². The van der Waals surface area contributed by atoms with E-state index in [0.29, 0.717) is 18.1 Å². The highest BCUT2D eigenvalue weighted by molar-refractivity contribution is 7.94. The molecule has 4 rings (SSSR count). The van der Waals surface area contributed by atoms with E-state index in [0.717, 1.165) is 41.7 Å². The first kappa shape index (κ1) is 22.0. The van der Waals surface area contributed by atoms with Crippen molar-refractivity contribution in [2.45, 2.75) is 52.3 Å². The molecular weight excluding hydrogens is 452 g/mol. The molecule has 1 fully saturated rings. The average molecular weight is 477 g/mol. The van der Waals surface area contributed by atoms with Crippen molar-refractivity contribution >= 4 is 36.0 Å². The van der Waals surface area contributed by atoms with Gasteiger partial charge in [-0.1, -0.05) is 46.7 Å². The summed E-state index contributed by atoms with van der Waals surface area (Å²) >= 11 is 0.944. The summed E-state index contributed by atoms with van der Waals surface area (Å²) in [5.41, 5.74) is 1.88. The first-order valence-corrected chi connectivity index (χ1v) is 13.9. The molecule has 6 nitrogen and oxygen atoms in total. The normalized spacial score (nSPS) is 15.2. The molecule has 0 spiro atoms. The van der Waals surface area contributed by atoms with E-state index in [1.807, 2.05) is 18.7 Å². The molecule has 3 aromatic rings. The van der Waals surface area contributed by atoms with Gasteiger partial charge >= 0.3 is 0 Å². The molecule has 0 radical (unpaired) electrons. The summed E-state index contributed by atoms with van der Waals surface area (Å²) in [5.74, 6) is 0. The van der Waals surface area contributed by atoms with Gasteiger partial charge in [0.25, 0.3) is 0 Å². The highest BCUT2D eigenvalue weighted by atomic mass is 32.2. The maximum Gasteiger partial charge on any atom is 0.233 e. The Balaban J connectivity index is 1.87. The largest absolute Gasteiger partial charge is 0.361 e. The van der Waals surface area contributed by atoms with Crippen molar-refractivity contribution in [3.63, 3.8) is 0 Å². The van der Waals surface area contributed by atoms with Gasteiger partial charge in [-0.25, -0.2) is 21.8 Å². The molecule has 0 atom stereocenters. The van der Waals surface area contributed by atoms with E-state index in [1.54, 1.807) is 24.3 Å². The Morgan fingerprint density at radius 1 is 0.742 bits per heavy atom. The van der Waals surface area contributed by atoms with Crippen molar-refractivity contribution in [3.8, 4) is 0 Å². The number of piperidine rings is 1. The van der Waals surface area contributed by atoms with Crippen LogP contribution in [-0.2, 0) is 19.7 Å². The van der Waals surface area contributed by atoms with Crippen LogP contribution in [0.15, 0.2) is 67.7 Å². The third kappa shape index (κ3) is 4.26. The topological polar surface area (TPSA) is 84.4 Å². The van der Waals surface area contributed by atoms with E-state index in [4.69, 9.17) is 0 Å². The van der Waals surface area contributed by atoms with Crippen LogP contribution in [0.3, 0.4) is 0 Å². The average Bonchev–Trinajstić information content (AvgIpc) is 3.22. The number of aromatic nitrogens is 1. The molecule has 1 saturated heterocycles. The minimum Gasteiger partial charge on any atom is -0.361 e. The van der Waals surface area contributed by atoms with Crippen LogP contribution in [-0.4, -0.2) is 34.9 Å². The van der Waals surface area contributed by atoms with Crippen LogP contribution in [0.4, 0.5) is 5.00 Å². The number of rotatable bonds is 5. The number of benzene rings is 2. The van der Waals surface area contributed by atoms with Crippen molar-refractivity contribution in [1.29, 1.82) is 0 Å². The van der Waals surface area contributed by atoms with Gasteiger partial charge < -0.3 is 4.90 Å². The van der Waals surface area contributed by atoms with Gasteiger partial charge in [-0.3, -0.25) is 0 Å². The molecule has 0 bridgehead atoms. The third-order valence-electron chi connectivity index (χ3n) is 5.35. The molecule has 0 amide bonds. The first-order chi connectivity index (χ1) is 14.7. The van der Waals surface area contributed by atoms with Crippen molar-refractivity contribution in [1.82, 2.24) is 4.98 Å². The minimum atomic E-state index is -3.97. The molecule has 0 aliphatic carbocycles. The summed E-state index contributed by atoms with van der Waals surface area (Å²) in [4.78, 5) is 6.40. The Morgan fingerprint density at radius 3 is 1.74 bits per heavy atom. The van der Waals surface area contributed by atoms with Gasteiger partial charge in [0.2, 0.25) is 24.0 Å². The highest BCUT2D eigenvalue weighted by Crippen LogP contribution is 2.40. The second-order valence-corrected chi connectivity index (χ2v) is 12.7. The van der Waals surface area contributed by atoms with Crippen molar-refractivity contribution in [2.24, 2.45) is 0 Å². The van der Waals surface area contributed by atoms with E-state index in [2.05, 4.69) is 4.98 Å². The minimum absolute atomic E-state index is 0.108. The molecule has 1 aliphatic heterocycles. The van der Waals surface area contributed by atoms with Gasteiger partial charge in [-0.05, 0) is 57.4 Å². The summed E-state index contributed by atoms with van der Waals surface area (Å²) in [5, 5.41) is 0.236. The molecule has 0 unspecified atom stereocenters. The monoisotopic (exact) mass is 476 g/mol. The standard InChI is InChI=1S/C22H24N2O4S3/c1-16-6-10-18(11-7-16)30(25,26)20-21(24-14-4-3-5-15-24)29-22(23-20)31(27,28)19-12-8-17(2)9-13-19/h6-13H,3-5,14-15H2,1-2H3. The number of nitrogens with zero attached hydrogens (tertiary/aromatic N) is 2. The lowest BCUT2D eigenvalue weighted by Crippen LogP contribution is -2.29. The predicted molar refractivity (Wildman–Crippen MR) is 121 cm³/mol. The summed E-state index contributed by atoms with van der Waals surface area (Å²) in [6, 6.07) is 13.0. The van der Waals surface area contributed by atoms with Gasteiger partial charge in [-0.15, -0.1) is 0 Å². The van der Waals surface area contributed by atoms with E-state index in [-0.39, 0.29) is 19.2 Å². The SMILES string of the molecule is Cc1ccc(S(=O)(=O)c2nc(S(=O)(=O)c3ccc(C)cc3)c(N3CCCCC3)s2)cc1. The summed E-state index contributed by atoms with van der Waals surface area (Å²) < 4.78 is 53.2. The lowest BCUT2D eigenvalue weighted by Gasteiger charge is -2.27. The fraction of sp³-hybridized carbons (Fsp3) is 0.318. The number of thiazole rings is 1. The maximum absolute atomic E-state index is 13.5. The van der Waals surface area contributed by atoms with Gasteiger partial charge in [0.15, 0.2) is 5.03 Å². The Labute approximate surface area is 187 Å². The van der Waals surface area contributed by atoms with Crippen LogP contribution < -0.4 is 4.90 Å². The van der Waals surface area contributed by atoms with Gasteiger partial charge in [0.05, 0.1) is 9.79 Å². The van der Waals surface area contributed by atoms with Crippen LogP contribution in [0.5, 0.6) is 0 Å². The van der Waals surface area contributed by atoms with E-state index in [1.165, 1.54) is 24.3 Å². The number of aryl methyl sites for hydroxylation is 2. The lowest BCUT2D eigenvalue weighted by atomic mass is 10.1. The fourth-order valence-electron chi connectivity index (χ4n) is 3.51. The lowest BCUT2D eigenvalue weighted by molar-refractivity contribution is 0.571.